The molecule has 0 saturated heterocycles. The fraction of sp³-hybridized carbons (Fsp3) is 0.754. The molecule has 1 unspecified atom stereocenters. The number of hydrogen-bond donors (Lipinski definition) is 0. The summed E-state index contributed by atoms with van der Waals surface area (Å²) in [6, 6.07) is 0. The van der Waals surface area contributed by atoms with Crippen LogP contribution in [0.15, 0.2) is 72.9 Å². The van der Waals surface area contributed by atoms with E-state index in [0.29, 0.717) is 19.3 Å². The van der Waals surface area contributed by atoms with E-state index >= 15 is 0 Å². The molecule has 0 amide bonds. The summed E-state index contributed by atoms with van der Waals surface area (Å²) in [5, 5.41) is 0. The molecule has 0 aromatic carbocycles. The second-order valence-electron chi connectivity index (χ2n) is 18.8. The molecule has 386 valence electrons. The molecule has 6 heteroatoms. The smallest absolute Gasteiger partial charge is 0.306 e. The fourth-order valence-electron chi connectivity index (χ4n) is 8.00. The zero-order valence-corrected chi connectivity index (χ0v) is 44.2. The van der Waals surface area contributed by atoms with Crippen LogP contribution >= 0.6 is 0 Å². The van der Waals surface area contributed by atoms with Crippen molar-refractivity contribution in [2.75, 3.05) is 13.2 Å². The first-order chi connectivity index (χ1) is 33.0. The maximum atomic E-state index is 12.8. The van der Waals surface area contributed by atoms with E-state index in [1.54, 1.807) is 0 Å². The highest BCUT2D eigenvalue weighted by Crippen LogP contribution is 2.16. The molecule has 0 aliphatic carbocycles. The van der Waals surface area contributed by atoms with Crippen molar-refractivity contribution in [3.05, 3.63) is 72.9 Å². The van der Waals surface area contributed by atoms with Crippen LogP contribution in [0.25, 0.3) is 0 Å². The molecule has 0 heterocycles. The van der Waals surface area contributed by atoms with Crippen molar-refractivity contribution in [3.8, 4) is 0 Å². The zero-order valence-electron chi connectivity index (χ0n) is 44.2. The Labute approximate surface area is 414 Å². The fourth-order valence-corrected chi connectivity index (χ4v) is 8.00. The summed E-state index contributed by atoms with van der Waals surface area (Å²) in [6.45, 7) is 6.42. The first kappa shape index (κ1) is 63.8. The van der Waals surface area contributed by atoms with Gasteiger partial charge in [-0.1, -0.05) is 248 Å². The van der Waals surface area contributed by atoms with E-state index in [1.165, 1.54) is 122 Å². The predicted molar refractivity (Wildman–Crippen MR) is 288 cm³/mol. The lowest BCUT2D eigenvalue weighted by molar-refractivity contribution is -0.167. The second kappa shape index (κ2) is 55.4. The first-order valence-corrected chi connectivity index (χ1v) is 28.4. The minimum absolute atomic E-state index is 0.0830. The SMILES string of the molecule is CC/C=C\C/C=C\C/C=C\CCCCCCCCC(=O)OCC(COC(=O)CCCCCCCCCCCCCCCCCCC)OC(=O)CCCCCCCC/C=C\C/C=C\C/C=C\CC. The van der Waals surface area contributed by atoms with Gasteiger partial charge in [-0.05, 0) is 83.5 Å². The summed E-state index contributed by atoms with van der Waals surface area (Å²) in [5.41, 5.74) is 0. The summed E-state index contributed by atoms with van der Waals surface area (Å²) in [4.78, 5) is 38.2. The summed E-state index contributed by atoms with van der Waals surface area (Å²) < 4.78 is 16.9. The molecule has 0 spiro atoms. The molecule has 0 aromatic rings. The molecule has 0 rings (SSSR count). The molecule has 0 N–H and O–H groups in total. The quantitative estimate of drug-likeness (QED) is 0.0262. The van der Waals surface area contributed by atoms with Gasteiger partial charge in [-0.15, -0.1) is 0 Å². The van der Waals surface area contributed by atoms with Crippen LogP contribution in [0.3, 0.4) is 0 Å². The van der Waals surface area contributed by atoms with Crippen molar-refractivity contribution in [1.29, 1.82) is 0 Å². The molecule has 1 atom stereocenters. The molecule has 0 bridgehead atoms. The topological polar surface area (TPSA) is 78.9 Å². The van der Waals surface area contributed by atoms with Crippen LogP contribution in [0.4, 0.5) is 0 Å². The van der Waals surface area contributed by atoms with Gasteiger partial charge in [0.15, 0.2) is 6.10 Å². The van der Waals surface area contributed by atoms with Crippen LogP contribution in [-0.4, -0.2) is 37.2 Å². The largest absolute Gasteiger partial charge is 0.462 e. The molecule has 67 heavy (non-hydrogen) atoms. The molecule has 0 aromatic heterocycles. The Morgan fingerprint density at radius 2 is 0.582 bits per heavy atom. The predicted octanol–water partition coefficient (Wildman–Crippen LogP) is 19.0. The van der Waals surface area contributed by atoms with Crippen LogP contribution in [0.1, 0.15) is 278 Å². The van der Waals surface area contributed by atoms with Gasteiger partial charge in [0, 0.05) is 19.3 Å². The van der Waals surface area contributed by atoms with E-state index in [9.17, 15) is 14.4 Å². The van der Waals surface area contributed by atoms with Gasteiger partial charge < -0.3 is 14.2 Å². The number of rotatable bonds is 51. The monoisotopic (exact) mass is 935 g/mol. The van der Waals surface area contributed by atoms with E-state index in [1.807, 2.05) is 0 Å². The Bertz CT molecular complexity index is 1260. The highest BCUT2D eigenvalue weighted by molar-refractivity contribution is 5.71. The number of unbranched alkanes of at least 4 members (excludes halogenated alkanes) is 28. The van der Waals surface area contributed by atoms with Crippen LogP contribution in [0.5, 0.6) is 0 Å². The van der Waals surface area contributed by atoms with Crippen molar-refractivity contribution in [3.63, 3.8) is 0 Å². The number of carbonyl (C=O) groups excluding carboxylic acids is 3. The Kier molecular flexibility index (Phi) is 52.8. The molecular weight excluding hydrogens is 829 g/mol. The van der Waals surface area contributed by atoms with E-state index < -0.39 is 6.10 Å². The van der Waals surface area contributed by atoms with Gasteiger partial charge in [0.05, 0.1) is 0 Å². The van der Waals surface area contributed by atoms with Crippen LogP contribution < -0.4 is 0 Å². The first-order valence-electron chi connectivity index (χ1n) is 28.4. The van der Waals surface area contributed by atoms with Crippen LogP contribution in [0.2, 0.25) is 0 Å². The summed E-state index contributed by atoms with van der Waals surface area (Å²) in [7, 11) is 0. The van der Waals surface area contributed by atoms with Crippen molar-refractivity contribution in [1.82, 2.24) is 0 Å². The number of hydrogen-bond acceptors (Lipinski definition) is 6. The third-order valence-electron chi connectivity index (χ3n) is 12.2. The van der Waals surface area contributed by atoms with Gasteiger partial charge in [-0.3, -0.25) is 14.4 Å². The maximum absolute atomic E-state index is 12.8. The average Bonchev–Trinajstić information content (AvgIpc) is 3.33. The van der Waals surface area contributed by atoms with Crippen molar-refractivity contribution >= 4 is 17.9 Å². The summed E-state index contributed by atoms with van der Waals surface area (Å²) in [5.74, 6) is -0.900. The molecule has 0 fully saturated rings. The van der Waals surface area contributed by atoms with Crippen molar-refractivity contribution < 1.29 is 28.6 Å². The molecule has 6 nitrogen and oxygen atoms in total. The highest BCUT2D eigenvalue weighted by Gasteiger charge is 2.19. The van der Waals surface area contributed by atoms with Crippen molar-refractivity contribution in [2.45, 2.75) is 284 Å². The molecule has 0 aliphatic rings. The minimum atomic E-state index is -0.787. The summed E-state index contributed by atoms with van der Waals surface area (Å²) in [6.07, 6.45) is 70.3. The number of esters is 3. The molecular formula is C61H106O6. The van der Waals surface area contributed by atoms with Crippen LogP contribution in [0, 0.1) is 0 Å². The lowest BCUT2D eigenvalue weighted by atomic mass is 10.0. The Morgan fingerprint density at radius 3 is 0.910 bits per heavy atom. The van der Waals surface area contributed by atoms with E-state index in [-0.39, 0.29) is 31.1 Å². The molecule has 0 aliphatic heterocycles. The number of carbonyl (C=O) groups is 3. The van der Waals surface area contributed by atoms with E-state index in [0.717, 1.165) is 116 Å². The van der Waals surface area contributed by atoms with Gasteiger partial charge in [0.2, 0.25) is 0 Å². The van der Waals surface area contributed by atoms with Gasteiger partial charge in [-0.25, -0.2) is 0 Å². The Morgan fingerprint density at radius 1 is 0.313 bits per heavy atom. The van der Waals surface area contributed by atoms with Gasteiger partial charge in [0.1, 0.15) is 13.2 Å². The lowest BCUT2D eigenvalue weighted by Gasteiger charge is -2.18. The molecule has 0 saturated carbocycles. The van der Waals surface area contributed by atoms with Gasteiger partial charge in [0.25, 0.3) is 0 Å². The highest BCUT2D eigenvalue weighted by atomic mass is 16.6. The summed E-state index contributed by atoms with van der Waals surface area (Å²) >= 11 is 0. The van der Waals surface area contributed by atoms with Gasteiger partial charge >= 0.3 is 17.9 Å². The van der Waals surface area contributed by atoms with Gasteiger partial charge in [-0.2, -0.15) is 0 Å². The standard InChI is InChI=1S/C61H106O6/c1-4-7-10-13-16-19-22-25-28-31-34-36-39-42-45-48-51-54-60(63)66-57-58(67-61(64)55-52-49-46-43-40-37-33-30-27-24-21-18-15-12-9-6-3)56-65-59(62)53-50-47-44-41-38-35-32-29-26-23-20-17-14-11-8-5-2/h8-9,11-12,17-18,20-21,26-27,29-30,58H,4-7,10,13-16,19,22-25,28,31-57H2,1-3H3/b11-8-,12-9-,20-17-,21-18-,29-26-,30-27-. The average molecular weight is 936 g/mol. The number of ether oxygens (including phenoxy) is 3. The van der Waals surface area contributed by atoms with E-state index in [2.05, 4.69) is 93.7 Å². The third-order valence-corrected chi connectivity index (χ3v) is 12.2. The normalized spacial score (nSPS) is 12.6. The maximum Gasteiger partial charge on any atom is 0.306 e. The third kappa shape index (κ3) is 53.7. The number of allylic oxidation sites excluding steroid dienone is 12. The minimum Gasteiger partial charge on any atom is -0.462 e. The second-order valence-corrected chi connectivity index (χ2v) is 18.8. The zero-order chi connectivity index (χ0) is 48.6. The Hall–Kier alpha value is -3.15. The Balaban J connectivity index is 4.40. The van der Waals surface area contributed by atoms with Crippen LogP contribution in [-0.2, 0) is 28.6 Å². The lowest BCUT2D eigenvalue weighted by Crippen LogP contribution is -2.30. The van der Waals surface area contributed by atoms with Crippen molar-refractivity contribution in [2.24, 2.45) is 0 Å². The molecule has 0 radical (unpaired) electrons. The van der Waals surface area contributed by atoms with E-state index in [4.69, 9.17) is 14.2 Å².